The predicted octanol–water partition coefficient (Wildman–Crippen LogP) is 5.52. The molecule has 2 aromatic heterocycles. The lowest BCUT2D eigenvalue weighted by atomic mass is 9.86. The summed E-state index contributed by atoms with van der Waals surface area (Å²) in [5.74, 6) is 0.0900. The van der Waals surface area contributed by atoms with E-state index in [4.69, 9.17) is 16.3 Å². The van der Waals surface area contributed by atoms with E-state index in [1.54, 1.807) is 42.1 Å². The number of ketones is 1. The van der Waals surface area contributed by atoms with E-state index in [9.17, 15) is 9.59 Å². The second-order valence-corrected chi connectivity index (χ2v) is 8.87. The van der Waals surface area contributed by atoms with Crippen LogP contribution < -0.4 is 10.6 Å². The Kier molecular flexibility index (Phi) is 9.90. The summed E-state index contributed by atoms with van der Waals surface area (Å²) in [5, 5.41) is 12.1. The zero-order chi connectivity index (χ0) is 23.6. The van der Waals surface area contributed by atoms with Gasteiger partial charge in [0.15, 0.2) is 5.78 Å². The van der Waals surface area contributed by atoms with E-state index in [0.29, 0.717) is 22.5 Å². The Bertz CT molecular complexity index is 1010. The van der Waals surface area contributed by atoms with Gasteiger partial charge in [-0.1, -0.05) is 37.6 Å². The molecule has 1 aliphatic rings. The molecule has 1 aromatic carbocycles. The summed E-state index contributed by atoms with van der Waals surface area (Å²) in [4.78, 5) is 21.8. The van der Waals surface area contributed by atoms with Crippen LogP contribution in [0, 0.1) is 5.41 Å². The summed E-state index contributed by atoms with van der Waals surface area (Å²) in [6, 6.07) is 8.90. The van der Waals surface area contributed by atoms with Gasteiger partial charge in [0.25, 0.3) is 0 Å². The van der Waals surface area contributed by atoms with Gasteiger partial charge >= 0.3 is 0 Å². The first kappa shape index (κ1) is 25.6. The molecule has 0 bridgehead atoms. The van der Waals surface area contributed by atoms with Gasteiger partial charge in [0.05, 0.1) is 52.6 Å². The molecule has 2 N–H and O–H groups in total. The lowest BCUT2D eigenvalue weighted by Gasteiger charge is -2.36. The molecule has 1 aliphatic heterocycles. The van der Waals surface area contributed by atoms with E-state index in [1.165, 1.54) is 17.8 Å². The Morgan fingerprint density at radius 2 is 2.09 bits per heavy atom. The zero-order valence-electron chi connectivity index (χ0n) is 18.7. The average molecular weight is 477 g/mol. The van der Waals surface area contributed by atoms with Crippen LogP contribution in [0.15, 0.2) is 48.1 Å². The number of benzene rings is 1. The van der Waals surface area contributed by atoms with Gasteiger partial charge in [-0.2, -0.15) is 5.10 Å². The second kappa shape index (κ2) is 12.4. The molecule has 0 spiro atoms. The largest absolute Gasteiger partial charge is 0.386 e. The summed E-state index contributed by atoms with van der Waals surface area (Å²) in [6.45, 7) is 7.99. The molecule has 1 amide bonds. The van der Waals surface area contributed by atoms with Crippen molar-refractivity contribution in [2.45, 2.75) is 27.2 Å². The van der Waals surface area contributed by atoms with E-state index in [0.717, 1.165) is 29.5 Å². The number of thiophene rings is 1. The van der Waals surface area contributed by atoms with Crippen molar-refractivity contribution < 1.29 is 14.3 Å². The van der Waals surface area contributed by atoms with Gasteiger partial charge in [0.2, 0.25) is 6.41 Å². The standard InChI is InChI=1S/C10H11N3OS.C7H6ClNO.C6H12O/c1-7(14)10-3-9(6-15-10)13-5-8(11-2)4-12-13;8-6-3-1-2-4-7(6)9-5-10;1-3-6(2)4-7-5-6/h3-6,11H,1-2H3;1-5H,(H,9,10);3-5H2,1-2H3. The van der Waals surface area contributed by atoms with E-state index < -0.39 is 0 Å². The Morgan fingerprint density at radius 3 is 2.53 bits per heavy atom. The highest BCUT2D eigenvalue weighted by Gasteiger charge is 2.30. The third-order valence-corrected chi connectivity index (χ3v) is 6.26. The van der Waals surface area contributed by atoms with Gasteiger partial charge in [0, 0.05) is 17.8 Å². The number of hydrogen-bond donors (Lipinski definition) is 2. The fourth-order valence-corrected chi connectivity index (χ4v) is 3.49. The fraction of sp³-hybridized carbons (Fsp3) is 0.348. The first-order valence-electron chi connectivity index (χ1n) is 10.2. The SMILES string of the molecule is CCC1(C)COC1.CNc1cnn(-c2csc(C(C)=O)c2)c1.O=CNc1ccccc1Cl. The number of rotatable bonds is 6. The summed E-state index contributed by atoms with van der Waals surface area (Å²) >= 11 is 7.12. The topological polar surface area (TPSA) is 85.2 Å². The lowest BCUT2D eigenvalue weighted by Crippen LogP contribution is -2.38. The van der Waals surface area contributed by atoms with E-state index >= 15 is 0 Å². The smallest absolute Gasteiger partial charge is 0.211 e. The molecule has 0 radical (unpaired) electrons. The van der Waals surface area contributed by atoms with E-state index in [1.807, 2.05) is 24.7 Å². The maximum absolute atomic E-state index is 11.1. The van der Waals surface area contributed by atoms with E-state index in [2.05, 4.69) is 29.6 Å². The summed E-state index contributed by atoms with van der Waals surface area (Å²) in [6.07, 6.45) is 5.48. The average Bonchev–Trinajstić information content (AvgIpc) is 3.44. The molecule has 1 saturated heterocycles. The number of halogens is 1. The number of para-hydroxylation sites is 1. The van der Waals surface area contributed by atoms with Gasteiger partial charge in [-0.05, 0) is 31.5 Å². The van der Waals surface area contributed by atoms with Gasteiger partial charge in [-0.3, -0.25) is 9.59 Å². The molecule has 3 aromatic rings. The molecule has 0 unspecified atom stereocenters. The predicted molar refractivity (Wildman–Crippen MR) is 131 cm³/mol. The normalized spacial score (nSPS) is 13.4. The van der Waals surface area contributed by atoms with Crippen LogP contribution in [0.3, 0.4) is 0 Å². The molecule has 3 heterocycles. The number of carbonyl (C=O) groups is 2. The number of amides is 1. The molecule has 0 aliphatic carbocycles. The van der Waals surface area contributed by atoms with Crippen LogP contribution in [0.25, 0.3) is 5.69 Å². The minimum absolute atomic E-state index is 0.0900. The minimum atomic E-state index is 0.0900. The summed E-state index contributed by atoms with van der Waals surface area (Å²) < 4.78 is 6.77. The van der Waals surface area contributed by atoms with Crippen molar-refractivity contribution >= 4 is 46.5 Å². The van der Waals surface area contributed by atoms with Crippen LogP contribution in [0.1, 0.15) is 36.9 Å². The third-order valence-electron chi connectivity index (χ3n) is 4.91. The number of carbonyl (C=O) groups excluding carboxylic acids is 2. The molecular formula is C23H29ClN4O3S. The van der Waals surface area contributed by atoms with Crippen LogP contribution >= 0.6 is 22.9 Å². The van der Waals surface area contributed by atoms with Crippen LogP contribution in [0.4, 0.5) is 11.4 Å². The van der Waals surface area contributed by atoms with Crippen LogP contribution in [-0.2, 0) is 9.53 Å². The molecule has 0 atom stereocenters. The van der Waals surface area contributed by atoms with Crippen molar-refractivity contribution in [2.75, 3.05) is 30.9 Å². The summed E-state index contributed by atoms with van der Waals surface area (Å²) in [7, 11) is 1.84. The van der Waals surface area contributed by atoms with Gasteiger partial charge < -0.3 is 15.4 Å². The number of anilines is 2. The number of hydrogen-bond acceptors (Lipinski definition) is 6. The molecule has 4 rings (SSSR count). The number of ether oxygens (including phenoxy) is 1. The molecule has 9 heteroatoms. The van der Waals surface area contributed by atoms with Crippen LogP contribution in [-0.4, -0.2) is 42.2 Å². The highest BCUT2D eigenvalue weighted by molar-refractivity contribution is 7.12. The van der Waals surface area contributed by atoms with Crippen molar-refractivity contribution in [1.29, 1.82) is 0 Å². The van der Waals surface area contributed by atoms with Gasteiger partial charge in [0.1, 0.15) is 0 Å². The van der Waals surface area contributed by atoms with Gasteiger partial charge in [-0.25, -0.2) is 4.68 Å². The molecule has 1 fully saturated rings. The number of nitrogens with one attached hydrogen (secondary N) is 2. The Morgan fingerprint density at radius 1 is 1.38 bits per heavy atom. The molecular weight excluding hydrogens is 448 g/mol. The van der Waals surface area contributed by atoms with Crippen molar-refractivity contribution in [3.8, 4) is 5.69 Å². The maximum atomic E-state index is 11.1. The molecule has 32 heavy (non-hydrogen) atoms. The van der Waals surface area contributed by atoms with Crippen molar-refractivity contribution in [3.63, 3.8) is 0 Å². The molecule has 172 valence electrons. The van der Waals surface area contributed by atoms with Crippen molar-refractivity contribution in [1.82, 2.24) is 9.78 Å². The van der Waals surface area contributed by atoms with Gasteiger partial charge in [-0.15, -0.1) is 11.3 Å². The number of Topliss-reactive ketones (excluding diaryl/α,β-unsaturated/α-hetero) is 1. The highest BCUT2D eigenvalue weighted by atomic mass is 35.5. The zero-order valence-corrected chi connectivity index (χ0v) is 20.3. The third kappa shape index (κ3) is 7.47. The molecule has 7 nitrogen and oxygen atoms in total. The van der Waals surface area contributed by atoms with Crippen molar-refractivity contribution in [2.24, 2.45) is 5.41 Å². The number of nitrogens with zero attached hydrogens (tertiary/aromatic N) is 2. The van der Waals surface area contributed by atoms with E-state index in [-0.39, 0.29) is 5.78 Å². The fourth-order valence-electron chi connectivity index (χ4n) is 2.52. The first-order valence-corrected chi connectivity index (χ1v) is 11.4. The van der Waals surface area contributed by atoms with Crippen LogP contribution in [0.5, 0.6) is 0 Å². The Hall–Kier alpha value is -2.68. The Balaban J connectivity index is 0.000000184. The monoisotopic (exact) mass is 476 g/mol. The molecule has 0 saturated carbocycles. The quantitative estimate of drug-likeness (QED) is 0.361. The maximum Gasteiger partial charge on any atom is 0.211 e. The van der Waals surface area contributed by atoms with Crippen molar-refractivity contribution in [3.05, 3.63) is 58.0 Å². The highest BCUT2D eigenvalue weighted by Crippen LogP contribution is 2.29. The lowest BCUT2D eigenvalue weighted by molar-refractivity contribution is -0.105. The Labute approximate surface area is 197 Å². The second-order valence-electron chi connectivity index (χ2n) is 7.55. The minimum Gasteiger partial charge on any atom is -0.386 e. The number of aromatic nitrogens is 2. The summed E-state index contributed by atoms with van der Waals surface area (Å²) in [5.41, 5.74) is 3.05. The van der Waals surface area contributed by atoms with Crippen LogP contribution in [0.2, 0.25) is 5.02 Å². The first-order chi connectivity index (χ1) is 15.3.